The van der Waals surface area contributed by atoms with Crippen molar-refractivity contribution < 1.29 is 4.79 Å². The molecular formula is C19H15N3OS. The minimum absolute atomic E-state index is 0.0617. The van der Waals surface area contributed by atoms with E-state index in [0.29, 0.717) is 23.5 Å². The van der Waals surface area contributed by atoms with Crippen molar-refractivity contribution in [1.82, 2.24) is 4.98 Å². The number of carbonyl (C=O) groups is 1. The van der Waals surface area contributed by atoms with E-state index in [9.17, 15) is 4.79 Å². The van der Waals surface area contributed by atoms with E-state index < -0.39 is 0 Å². The van der Waals surface area contributed by atoms with Crippen LogP contribution in [-0.2, 0) is 11.2 Å². The third-order valence-corrected chi connectivity index (χ3v) is 4.30. The summed E-state index contributed by atoms with van der Waals surface area (Å²) in [5.74, 6) is -0.0617. The van der Waals surface area contributed by atoms with E-state index in [0.717, 1.165) is 16.8 Å². The lowest BCUT2D eigenvalue weighted by Crippen LogP contribution is -2.12. The maximum Gasteiger partial charge on any atom is 0.226 e. The summed E-state index contributed by atoms with van der Waals surface area (Å²) in [6, 6.07) is 19.2. The second-order valence-electron chi connectivity index (χ2n) is 5.26. The number of rotatable bonds is 5. The topological polar surface area (TPSA) is 65.8 Å². The van der Waals surface area contributed by atoms with Crippen LogP contribution in [0, 0.1) is 11.3 Å². The van der Waals surface area contributed by atoms with Gasteiger partial charge in [0.2, 0.25) is 5.91 Å². The van der Waals surface area contributed by atoms with Gasteiger partial charge in [-0.3, -0.25) is 4.79 Å². The average molecular weight is 333 g/mol. The van der Waals surface area contributed by atoms with Gasteiger partial charge in [0.15, 0.2) is 5.13 Å². The van der Waals surface area contributed by atoms with Gasteiger partial charge in [-0.2, -0.15) is 5.26 Å². The molecule has 0 unspecified atom stereocenters. The van der Waals surface area contributed by atoms with Crippen molar-refractivity contribution in [2.24, 2.45) is 0 Å². The van der Waals surface area contributed by atoms with Gasteiger partial charge in [0.25, 0.3) is 0 Å². The molecule has 0 saturated carbocycles. The van der Waals surface area contributed by atoms with Gasteiger partial charge in [0, 0.05) is 17.4 Å². The highest BCUT2D eigenvalue weighted by molar-refractivity contribution is 7.14. The summed E-state index contributed by atoms with van der Waals surface area (Å²) in [4.78, 5) is 16.5. The first-order valence-electron chi connectivity index (χ1n) is 7.54. The number of aryl methyl sites for hydroxylation is 1. The molecule has 1 amide bonds. The highest BCUT2D eigenvalue weighted by Gasteiger charge is 2.08. The van der Waals surface area contributed by atoms with Crippen LogP contribution in [0.25, 0.3) is 11.3 Å². The quantitative estimate of drug-likeness (QED) is 0.759. The van der Waals surface area contributed by atoms with Crippen LogP contribution >= 0.6 is 11.3 Å². The van der Waals surface area contributed by atoms with E-state index in [4.69, 9.17) is 5.26 Å². The molecule has 0 aliphatic rings. The van der Waals surface area contributed by atoms with Crippen molar-refractivity contribution in [3.05, 3.63) is 71.1 Å². The van der Waals surface area contributed by atoms with Gasteiger partial charge in [0.1, 0.15) is 0 Å². The van der Waals surface area contributed by atoms with E-state index in [1.54, 1.807) is 12.1 Å². The summed E-state index contributed by atoms with van der Waals surface area (Å²) >= 11 is 1.42. The Morgan fingerprint density at radius 3 is 2.58 bits per heavy atom. The number of benzene rings is 2. The predicted octanol–water partition coefficient (Wildman–Crippen LogP) is 4.25. The molecule has 4 nitrogen and oxygen atoms in total. The molecule has 0 fully saturated rings. The van der Waals surface area contributed by atoms with Crippen molar-refractivity contribution in [2.75, 3.05) is 5.32 Å². The first-order valence-corrected chi connectivity index (χ1v) is 8.42. The maximum atomic E-state index is 12.1. The highest BCUT2D eigenvalue weighted by atomic mass is 32.1. The average Bonchev–Trinajstić information content (AvgIpc) is 3.09. The van der Waals surface area contributed by atoms with Gasteiger partial charge in [-0.1, -0.05) is 42.5 Å². The molecule has 24 heavy (non-hydrogen) atoms. The number of aromatic nitrogens is 1. The van der Waals surface area contributed by atoms with Gasteiger partial charge in [-0.25, -0.2) is 4.98 Å². The van der Waals surface area contributed by atoms with Crippen molar-refractivity contribution in [2.45, 2.75) is 12.8 Å². The zero-order chi connectivity index (χ0) is 16.8. The van der Waals surface area contributed by atoms with Gasteiger partial charge in [-0.15, -0.1) is 11.3 Å². The zero-order valence-electron chi connectivity index (χ0n) is 12.9. The molecule has 5 heteroatoms. The molecule has 3 rings (SSSR count). The van der Waals surface area contributed by atoms with E-state index in [-0.39, 0.29) is 5.91 Å². The normalized spacial score (nSPS) is 10.1. The fraction of sp³-hybridized carbons (Fsp3) is 0.105. The number of nitrogens with one attached hydrogen (secondary N) is 1. The fourth-order valence-electron chi connectivity index (χ4n) is 2.26. The lowest BCUT2D eigenvalue weighted by Gasteiger charge is -2.02. The number of thiazole rings is 1. The van der Waals surface area contributed by atoms with Crippen molar-refractivity contribution in [1.29, 1.82) is 5.26 Å². The Hall–Kier alpha value is -2.97. The van der Waals surface area contributed by atoms with Crippen LogP contribution in [0.1, 0.15) is 17.5 Å². The number of anilines is 1. The van der Waals surface area contributed by atoms with Crippen LogP contribution < -0.4 is 5.32 Å². The maximum absolute atomic E-state index is 12.1. The molecule has 118 valence electrons. The molecule has 0 saturated heterocycles. The summed E-state index contributed by atoms with van der Waals surface area (Å²) in [5, 5.41) is 14.2. The van der Waals surface area contributed by atoms with E-state index in [1.165, 1.54) is 11.3 Å². The molecule has 2 aromatic carbocycles. The molecule has 1 aromatic heterocycles. The Bertz CT molecular complexity index is 864. The van der Waals surface area contributed by atoms with Crippen molar-refractivity contribution >= 4 is 22.4 Å². The zero-order valence-corrected chi connectivity index (χ0v) is 13.7. The Balaban J connectivity index is 1.55. The molecule has 0 radical (unpaired) electrons. The molecule has 0 bridgehead atoms. The molecular weight excluding hydrogens is 318 g/mol. The lowest BCUT2D eigenvalue weighted by molar-refractivity contribution is -0.116. The number of nitrogens with zero attached hydrogens (tertiary/aromatic N) is 2. The van der Waals surface area contributed by atoms with Crippen LogP contribution in [-0.4, -0.2) is 10.9 Å². The monoisotopic (exact) mass is 333 g/mol. The van der Waals surface area contributed by atoms with Gasteiger partial charge in [0.05, 0.1) is 17.3 Å². The highest BCUT2D eigenvalue weighted by Crippen LogP contribution is 2.24. The summed E-state index contributed by atoms with van der Waals surface area (Å²) in [5.41, 5.74) is 3.56. The van der Waals surface area contributed by atoms with Crippen molar-refractivity contribution in [3.8, 4) is 17.3 Å². The van der Waals surface area contributed by atoms with Gasteiger partial charge >= 0.3 is 0 Å². The largest absolute Gasteiger partial charge is 0.302 e. The fourth-order valence-corrected chi connectivity index (χ4v) is 2.99. The SMILES string of the molecule is N#Cc1ccc(CCC(=O)Nc2nc(-c3ccccc3)cs2)cc1. The number of carbonyl (C=O) groups excluding carboxylic acids is 1. The molecule has 1 heterocycles. The second kappa shape index (κ2) is 7.53. The van der Waals surface area contributed by atoms with Crippen LogP contribution in [0.5, 0.6) is 0 Å². The van der Waals surface area contributed by atoms with Crippen LogP contribution in [0.4, 0.5) is 5.13 Å². The Labute approximate surface area is 144 Å². The van der Waals surface area contributed by atoms with Gasteiger partial charge in [-0.05, 0) is 24.1 Å². The van der Waals surface area contributed by atoms with E-state index in [2.05, 4.69) is 16.4 Å². The first kappa shape index (κ1) is 15.9. The molecule has 0 aliphatic heterocycles. The molecule has 1 N–H and O–H groups in total. The molecule has 0 aliphatic carbocycles. The number of amides is 1. The van der Waals surface area contributed by atoms with E-state index >= 15 is 0 Å². The minimum Gasteiger partial charge on any atom is -0.302 e. The smallest absolute Gasteiger partial charge is 0.226 e. The Morgan fingerprint density at radius 2 is 1.88 bits per heavy atom. The first-order chi connectivity index (χ1) is 11.7. The Kier molecular flexibility index (Phi) is 4.99. The van der Waals surface area contributed by atoms with Crippen LogP contribution in [0.2, 0.25) is 0 Å². The third kappa shape index (κ3) is 4.06. The number of nitriles is 1. The second-order valence-corrected chi connectivity index (χ2v) is 6.12. The summed E-state index contributed by atoms with van der Waals surface area (Å²) in [6.45, 7) is 0. The van der Waals surface area contributed by atoms with Crippen LogP contribution in [0.15, 0.2) is 60.0 Å². The number of hydrogen-bond acceptors (Lipinski definition) is 4. The van der Waals surface area contributed by atoms with Crippen molar-refractivity contribution in [3.63, 3.8) is 0 Å². The molecule has 0 spiro atoms. The summed E-state index contributed by atoms with van der Waals surface area (Å²) in [7, 11) is 0. The van der Waals surface area contributed by atoms with Gasteiger partial charge < -0.3 is 5.32 Å². The minimum atomic E-state index is -0.0617. The summed E-state index contributed by atoms with van der Waals surface area (Å²) in [6.07, 6.45) is 1.01. The summed E-state index contributed by atoms with van der Waals surface area (Å²) < 4.78 is 0. The third-order valence-electron chi connectivity index (χ3n) is 3.54. The standard InChI is InChI=1S/C19H15N3OS/c20-12-15-8-6-14(7-9-15)10-11-18(23)22-19-21-17(13-24-19)16-4-2-1-3-5-16/h1-9,13H,10-11H2,(H,21,22,23). The van der Waals surface area contributed by atoms with E-state index in [1.807, 2.05) is 47.8 Å². The predicted molar refractivity (Wildman–Crippen MR) is 95.7 cm³/mol. The van der Waals surface area contributed by atoms with Crippen LogP contribution in [0.3, 0.4) is 0 Å². The number of hydrogen-bond donors (Lipinski definition) is 1. The lowest BCUT2D eigenvalue weighted by atomic mass is 10.1. The Morgan fingerprint density at radius 1 is 1.12 bits per heavy atom. The molecule has 0 atom stereocenters. The molecule has 3 aromatic rings.